The third kappa shape index (κ3) is 4.08. The van der Waals surface area contributed by atoms with Crippen LogP contribution in [0.5, 0.6) is 5.75 Å². The maximum atomic E-state index is 12.9. The number of aromatic nitrogens is 4. The summed E-state index contributed by atoms with van der Waals surface area (Å²) in [6.45, 7) is 0.117. The molecule has 1 aromatic heterocycles. The van der Waals surface area contributed by atoms with E-state index < -0.39 is 6.03 Å². The number of hydrogen-bond acceptors (Lipinski definition) is 5. The number of amides is 2. The van der Waals surface area contributed by atoms with E-state index in [4.69, 9.17) is 4.74 Å². The fourth-order valence-corrected chi connectivity index (χ4v) is 2.11. The molecule has 3 rings (SSSR count). The SMILES string of the molecule is COc1ccc(-n2nnnc2CNC(=O)Nc2ccc(F)cc2)cc1. The first-order valence-corrected chi connectivity index (χ1v) is 7.38. The molecule has 2 aromatic carbocycles. The van der Waals surface area contributed by atoms with Gasteiger partial charge in [0.15, 0.2) is 5.82 Å². The number of tetrazole rings is 1. The van der Waals surface area contributed by atoms with Crippen LogP contribution in [0.4, 0.5) is 14.9 Å². The lowest BCUT2D eigenvalue weighted by atomic mass is 10.3. The number of ether oxygens (including phenoxy) is 1. The number of methoxy groups -OCH3 is 1. The Morgan fingerprint density at radius 3 is 2.56 bits per heavy atom. The van der Waals surface area contributed by atoms with Gasteiger partial charge in [-0.1, -0.05) is 0 Å². The number of carbonyl (C=O) groups excluding carboxylic acids is 1. The number of benzene rings is 2. The summed E-state index contributed by atoms with van der Waals surface area (Å²) in [7, 11) is 1.58. The van der Waals surface area contributed by atoms with Gasteiger partial charge in [-0.05, 0) is 59.0 Å². The number of urea groups is 1. The highest BCUT2D eigenvalue weighted by Gasteiger charge is 2.10. The first kappa shape index (κ1) is 16.4. The Kier molecular flexibility index (Phi) is 4.84. The van der Waals surface area contributed by atoms with E-state index in [-0.39, 0.29) is 12.4 Å². The van der Waals surface area contributed by atoms with Gasteiger partial charge >= 0.3 is 6.03 Å². The zero-order chi connectivity index (χ0) is 17.6. The molecule has 128 valence electrons. The van der Waals surface area contributed by atoms with Crippen molar-refractivity contribution in [3.63, 3.8) is 0 Å². The molecule has 1 heterocycles. The van der Waals surface area contributed by atoms with Crippen molar-refractivity contribution >= 4 is 11.7 Å². The Hall–Kier alpha value is -3.49. The van der Waals surface area contributed by atoms with Crippen molar-refractivity contribution in [1.82, 2.24) is 25.5 Å². The van der Waals surface area contributed by atoms with Crippen molar-refractivity contribution in [3.8, 4) is 11.4 Å². The summed E-state index contributed by atoms with van der Waals surface area (Å²) in [5, 5.41) is 16.7. The average molecular weight is 342 g/mol. The van der Waals surface area contributed by atoms with Crippen LogP contribution in [0.1, 0.15) is 5.82 Å². The summed E-state index contributed by atoms with van der Waals surface area (Å²) in [6, 6.07) is 12.2. The molecule has 0 aliphatic rings. The van der Waals surface area contributed by atoms with Crippen molar-refractivity contribution in [3.05, 3.63) is 60.2 Å². The smallest absolute Gasteiger partial charge is 0.319 e. The number of anilines is 1. The number of rotatable bonds is 5. The van der Waals surface area contributed by atoms with Crippen LogP contribution in [0.2, 0.25) is 0 Å². The van der Waals surface area contributed by atoms with Crippen molar-refractivity contribution in [2.24, 2.45) is 0 Å². The molecule has 3 aromatic rings. The van der Waals surface area contributed by atoms with Gasteiger partial charge in [0.1, 0.15) is 11.6 Å². The maximum absolute atomic E-state index is 12.9. The molecule has 0 bridgehead atoms. The molecular weight excluding hydrogens is 327 g/mol. The Morgan fingerprint density at radius 1 is 1.16 bits per heavy atom. The van der Waals surface area contributed by atoms with E-state index in [0.29, 0.717) is 11.5 Å². The Morgan fingerprint density at radius 2 is 1.88 bits per heavy atom. The molecule has 2 amide bonds. The second-order valence-corrected chi connectivity index (χ2v) is 5.02. The van der Waals surface area contributed by atoms with Gasteiger partial charge in [-0.25, -0.2) is 9.18 Å². The normalized spacial score (nSPS) is 10.3. The van der Waals surface area contributed by atoms with E-state index in [2.05, 4.69) is 26.2 Å². The second-order valence-electron chi connectivity index (χ2n) is 5.02. The Bertz CT molecular complexity index is 848. The van der Waals surface area contributed by atoms with Crippen LogP contribution in [0.3, 0.4) is 0 Å². The molecule has 0 unspecified atom stereocenters. The quantitative estimate of drug-likeness (QED) is 0.741. The first-order valence-electron chi connectivity index (χ1n) is 7.38. The van der Waals surface area contributed by atoms with Crippen molar-refractivity contribution in [2.75, 3.05) is 12.4 Å². The van der Waals surface area contributed by atoms with Crippen LogP contribution in [0.15, 0.2) is 48.5 Å². The topological polar surface area (TPSA) is 94.0 Å². The van der Waals surface area contributed by atoms with Crippen LogP contribution in [0.25, 0.3) is 5.69 Å². The van der Waals surface area contributed by atoms with Gasteiger partial charge < -0.3 is 15.4 Å². The van der Waals surface area contributed by atoms with Crippen LogP contribution in [-0.2, 0) is 6.54 Å². The third-order valence-corrected chi connectivity index (χ3v) is 3.36. The number of halogens is 1. The van der Waals surface area contributed by atoms with Crippen molar-refractivity contribution in [2.45, 2.75) is 6.54 Å². The number of nitrogens with zero attached hydrogens (tertiary/aromatic N) is 4. The van der Waals surface area contributed by atoms with Gasteiger partial charge in [0.05, 0.1) is 19.3 Å². The summed E-state index contributed by atoms with van der Waals surface area (Å²) in [5.41, 5.74) is 1.22. The van der Waals surface area contributed by atoms with E-state index in [0.717, 1.165) is 11.4 Å². The van der Waals surface area contributed by atoms with Crippen LogP contribution in [0, 0.1) is 5.82 Å². The summed E-state index contributed by atoms with van der Waals surface area (Å²) < 4.78 is 19.5. The van der Waals surface area contributed by atoms with Crippen LogP contribution < -0.4 is 15.4 Å². The van der Waals surface area contributed by atoms with Gasteiger partial charge in [0.25, 0.3) is 0 Å². The number of hydrogen-bond donors (Lipinski definition) is 2. The lowest BCUT2D eigenvalue weighted by Gasteiger charge is -2.08. The second kappa shape index (κ2) is 7.39. The standard InChI is InChI=1S/C16H15FN6O2/c1-25-14-8-6-13(7-9-14)23-15(20-21-22-23)10-18-16(24)19-12-4-2-11(17)3-5-12/h2-9H,10H2,1H3,(H2,18,19,24). The fraction of sp³-hybridized carbons (Fsp3) is 0.125. The summed E-state index contributed by atoms with van der Waals surface area (Å²) in [4.78, 5) is 11.9. The van der Waals surface area contributed by atoms with E-state index in [9.17, 15) is 9.18 Å². The molecule has 0 aliphatic heterocycles. The van der Waals surface area contributed by atoms with Crippen molar-refractivity contribution in [1.29, 1.82) is 0 Å². The van der Waals surface area contributed by atoms with Crippen LogP contribution >= 0.6 is 0 Å². The molecular formula is C16H15FN6O2. The van der Waals surface area contributed by atoms with Gasteiger partial charge in [0, 0.05) is 5.69 Å². The molecule has 0 fully saturated rings. The predicted molar refractivity (Wildman–Crippen MR) is 88.0 cm³/mol. The van der Waals surface area contributed by atoms with E-state index in [1.54, 1.807) is 31.4 Å². The van der Waals surface area contributed by atoms with Crippen molar-refractivity contribution < 1.29 is 13.9 Å². The van der Waals surface area contributed by atoms with E-state index in [1.165, 1.54) is 28.9 Å². The minimum atomic E-state index is -0.448. The highest BCUT2D eigenvalue weighted by molar-refractivity contribution is 5.89. The molecule has 9 heteroatoms. The first-order chi connectivity index (χ1) is 12.2. The molecule has 0 saturated carbocycles. The molecule has 0 aliphatic carbocycles. The zero-order valence-corrected chi connectivity index (χ0v) is 13.3. The molecule has 0 atom stereocenters. The molecule has 25 heavy (non-hydrogen) atoms. The average Bonchev–Trinajstić information content (AvgIpc) is 3.10. The van der Waals surface area contributed by atoms with Gasteiger partial charge in [-0.15, -0.1) is 5.10 Å². The predicted octanol–water partition coefficient (Wildman–Crippen LogP) is 2.13. The van der Waals surface area contributed by atoms with Crippen LogP contribution in [-0.4, -0.2) is 33.3 Å². The van der Waals surface area contributed by atoms with Gasteiger partial charge in [0.2, 0.25) is 0 Å². The summed E-state index contributed by atoms with van der Waals surface area (Å²) in [6.07, 6.45) is 0. The minimum Gasteiger partial charge on any atom is -0.497 e. The van der Waals surface area contributed by atoms with E-state index >= 15 is 0 Å². The Balaban J connectivity index is 1.62. The summed E-state index contributed by atoms with van der Waals surface area (Å²) >= 11 is 0. The molecule has 0 saturated heterocycles. The highest BCUT2D eigenvalue weighted by Crippen LogP contribution is 2.14. The molecule has 0 radical (unpaired) electrons. The Labute approximate surface area is 142 Å². The summed E-state index contributed by atoms with van der Waals surface area (Å²) in [5.74, 6) is 0.805. The largest absolute Gasteiger partial charge is 0.497 e. The van der Waals surface area contributed by atoms with Gasteiger partial charge in [-0.3, -0.25) is 0 Å². The lowest BCUT2D eigenvalue weighted by Crippen LogP contribution is -2.29. The monoisotopic (exact) mass is 342 g/mol. The number of nitrogens with one attached hydrogen (secondary N) is 2. The molecule has 8 nitrogen and oxygen atoms in total. The third-order valence-electron chi connectivity index (χ3n) is 3.36. The molecule has 0 spiro atoms. The highest BCUT2D eigenvalue weighted by atomic mass is 19.1. The molecule has 2 N–H and O–H groups in total. The fourth-order valence-electron chi connectivity index (χ4n) is 2.11. The van der Waals surface area contributed by atoms with Gasteiger partial charge in [-0.2, -0.15) is 4.68 Å². The minimum absolute atomic E-state index is 0.117. The lowest BCUT2D eigenvalue weighted by molar-refractivity contribution is 0.251. The maximum Gasteiger partial charge on any atom is 0.319 e. The number of carbonyl (C=O) groups is 1. The van der Waals surface area contributed by atoms with E-state index in [1.807, 2.05) is 0 Å². The zero-order valence-electron chi connectivity index (χ0n) is 13.3.